The fraction of sp³-hybridized carbons (Fsp3) is 0.312. The van der Waals surface area contributed by atoms with Crippen LogP contribution < -0.4 is 0 Å². The molecule has 0 aliphatic heterocycles. The largest absolute Gasteiger partial charge is 0.411 e. The zero-order chi connectivity index (χ0) is 44.8. The molecule has 309 valence electrons. The zero-order valence-corrected chi connectivity index (χ0v) is 36.6. The maximum absolute atomic E-state index is 8.71. The van der Waals surface area contributed by atoms with Crippen molar-refractivity contribution in [2.24, 2.45) is 10.3 Å². The Morgan fingerprint density at radius 3 is 1.69 bits per heavy atom. The fourth-order valence-corrected chi connectivity index (χ4v) is 6.95. The first-order valence-corrected chi connectivity index (χ1v) is 21.2. The number of rotatable bonds is 3. The molecule has 5 heterocycles. The third kappa shape index (κ3) is 16.8. The van der Waals surface area contributed by atoms with E-state index < -0.39 is 6.39 Å². The van der Waals surface area contributed by atoms with Gasteiger partial charge in [0.05, 0.1) is 11.4 Å². The third-order valence-electron chi connectivity index (χ3n) is 9.84. The zero-order valence-electron chi connectivity index (χ0n) is 36.6. The van der Waals surface area contributed by atoms with Crippen LogP contribution in [-0.2, 0) is 43.4 Å². The molecule has 7 radical (unpaired) electrons. The molecule has 0 aromatic carbocycles. The minimum absolute atomic E-state index is 0.463. The molecule has 0 amide bonds. The van der Waals surface area contributed by atoms with E-state index in [1.165, 1.54) is 82.9 Å². The molecule has 0 bridgehead atoms. The number of nitrogens with one attached hydrogen (secondary N) is 1. The highest BCUT2D eigenvalue weighted by Crippen LogP contribution is 2.31. The lowest BCUT2D eigenvalue weighted by Crippen LogP contribution is -2.23. The first-order chi connectivity index (χ1) is 30.4. The van der Waals surface area contributed by atoms with Crippen molar-refractivity contribution < 1.29 is 10.0 Å². The lowest BCUT2D eigenvalue weighted by atomic mass is 8.97. The number of pyridine rings is 4. The quantitative estimate of drug-likeness (QED) is 0.0618. The number of hydrogen-bond donors (Lipinski definition) is 2. The highest BCUT2D eigenvalue weighted by molar-refractivity contribution is 7.60. The van der Waals surface area contributed by atoms with Gasteiger partial charge in [0.25, 0.3) is 0 Å². The molecule has 0 saturated heterocycles. The summed E-state index contributed by atoms with van der Waals surface area (Å²) in [7, 11) is 15.8. The molecular formula is C48H55B5N7O2. The molecule has 4 aliphatic carbocycles. The fourth-order valence-electron chi connectivity index (χ4n) is 6.95. The van der Waals surface area contributed by atoms with Crippen molar-refractivity contribution in [2.75, 3.05) is 0 Å². The van der Waals surface area contributed by atoms with E-state index >= 15 is 0 Å². The maximum atomic E-state index is 8.71. The Hall–Kier alpha value is -6.04. The minimum Gasteiger partial charge on any atom is -0.411 e. The van der Waals surface area contributed by atoms with E-state index in [0.717, 1.165) is 68.4 Å². The molecule has 2 N–H and O–H groups in total. The summed E-state index contributed by atoms with van der Waals surface area (Å²) in [6.07, 6.45) is 33.6. The van der Waals surface area contributed by atoms with E-state index in [9.17, 15) is 0 Å². The van der Waals surface area contributed by atoms with Gasteiger partial charge in [0.15, 0.2) is 0 Å². The average molecular weight is 816 g/mol. The van der Waals surface area contributed by atoms with E-state index in [-0.39, 0.29) is 0 Å². The summed E-state index contributed by atoms with van der Waals surface area (Å²) in [6.45, 7) is 12.3. The van der Waals surface area contributed by atoms with Crippen molar-refractivity contribution in [2.45, 2.75) is 97.8 Å². The van der Waals surface area contributed by atoms with E-state index in [1.807, 2.05) is 82.4 Å². The Kier molecular flexibility index (Phi) is 24.4. The van der Waals surface area contributed by atoms with Crippen LogP contribution in [0.25, 0.3) is 11.3 Å². The molecule has 0 spiro atoms. The Balaban J connectivity index is 0.000000204. The van der Waals surface area contributed by atoms with Crippen molar-refractivity contribution in [3.63, 3.8) is 0 Å². The highest BCUT2D eigenvalue weighted by atomic mass is 16.6. The minimum atomic E-state index is -0.463. The predicted molar refractivity (Wildman–Crippen MR) is 259 cm³/mol. The molecule has 9 nitrogen and oxygen atoms in total. The topological polar surface area (TPSA) is 122 Å². The lowest BCUT2D eigenvalue weighted by molar-refractivity contribution is 0.266. The second kappa shape index (κ2) is 30.1. The van der Waals surface area contributed by atoms with Crippen LogP contribution in [-0.4, -0.2) is 78.2 Å². The van der Waals surface area contributed by atoms with Crippen molar-refractivity contribution in [1.29, 1.82) is 0 Å². The van der Waals surface area contributed by atoms with Crippen LogP contribution in [0.5, 0.6) is 0 Å². The van der Waals surface area contributed by atoms with Crippen molar-refractivity contribution in [1.82, 2.24) is 24.9 Å². The first-order valence-electron chi connectivity index (χ1n) is 21.2. The average Bonchev–Trinajstić information content (AvgIpc) is 3.84. The molecule has 14 heteroatoms. The second-order valence-corrected chi connectivity index (χ2v) is 13.9. The van der Waals surface area contributed by atoms with Gasteiger partial charge < -0.3 is 15.0 Å². The van der Waals surface area contributed by atoms with Crippen LogP contribution in [0, 0.1) is 0 Å². The molecule has 5 aromatic rings. The molecular weight excluding hydrogens is 761 g/mol. The number of aryl methyl sites for hydroxylation is 6. The lowest BCUT2D eigenvalue weighted by Gasteiger charge is -2.15. The van der Waals surface area contributed by atoms with E-state index in [1.54, 1.807) is 18.7 Å². The SMILES string of the molecule is C=C=C=C=C.CC.CC=CO/N=C1\CCCc2cnccc21.O/N=C1\CCCc2cnccc21.[B][B]B([B])[B].c1cc2c(cn1)CCCC2.c1cc2c(cn1)CCc1cc[nH]c1-2. The summed E-state index contributed by atoms with van der Waals surface area (Å²) >= 11 is 0. The molecule has 62 heavy (non-hydrogen) atoms. The maximum Gasteiger partial charge on any atom is 0.117 e. The number of H-pyrrole nitrogens is 1. The Morgan fingerprint density at radius 1 is 0.677 bits per heavy atom. The van der Waals surface area contributed by atoms with E-state index in [2.05, 4.69) is 83.8 Å². The van der Waals surface area contributed by atoms with E-state index in [0.29, 0.717) is 0 Å². The summed E-state index contributed by atoms with van der Waals surface area (Å²) in [6, 6.07) is 10.3. The molecule has 0 fully saturated rings. The Bertz CT molecular complexity index is 2260. The molecule has 0 atom stereocenters. The van der Waals surface area contributed by atoms with Gasteiger partial charge in [-0.2, -0.15) is 0 Å². The number of fused-ring (bicyclic) bond motifs is 6. The monoisotopic (exact) mass is 816 g/mol. The van der Waals surface area contributed by atoms with Gasteiger partial charge in [-0.05, 0) is 173 Å². The summed E-state index contributed by atoms with van der Waals surface area (Å²) in [5.74, 6) is 0. The van der Waals surface area contributed by atoms with Crippen molar-refractivity contribution in [3.8, 4) is 11.3 Å². The van der Waals surface area contributed by atoms with Crippen LogP contribution in [0.4, 0.5) is 0 Å². The molecule has 9 rings (SSSR count). The smallest absolute Gasteiger partial charge is 0.117 e. The Labute approximate surface area is 374 Å². The molecule has 5 aromatic heterocycles. The predicted octanol–water partition coefficient (Wildman–Crippen LogP) is 8.79. The Morgan fingerprint density at radius 2 is 1.16 bits per heavy atom. The summed E-state index contributed by atoms with van der Waals surface area (Å²) < 4.78 is 0. The normalized spacial score (nSPS) is 14.4. The number of hydrogen-bond acceptors (Lipinski definition) is 8. The van der Waals surface area contributed by atoms with Crippen LogP contribution >= 0.6 is 0 Å². The van der Waals surface area contributed by atoms with Gasteiger partial charge >= 0.3 is 0 Å². The summed E-state index contributed by atoms with van der Waals surface area (Å²) in [5, 5.41) is 16.1. The van der Waals surface area contributed by atoms with Gasteiger partial charge in [-0.25, -0.2) is 0 Å². The van der Waals surface area contributed by atoms with Crippen molar-refractivity contribution in [3.05, 3.63) is 173 Å². The van der Waals surface area contributed by atoms with Crippen molar-refractivity contribution >= 4 is 48.1 Å². The summed E-state index contributed by atoms with van der Waals surface area (Å²) in [4.78, 5) is 24.7. The van der Waals surface area contributed by atoms with Gasteiger partial charge in [0.1, 0.15) is 6.26 Å². The molecule has 0 saturated carbocycles. The van der Waals surface area contributed by atoms with Crippen LogP contribution in [0.15, 0.2) is 139 Å². The van der Waals surface area contributed by atoms with Crippen LogP contribution in [0.1, 0.15) is 104 Å². The highest BCUT2D eigenvalue weighted by Gasteiger charge is 2.17. The summed E-state index contributed by atoms with van der Waals surface area (Å²) in [5.41, 5.74) is 22.0. The first kappa shape index (κ1) is 50.3. The number of aromatic amines is 1. The molecule has 4 aliphatic rings. The van der Waals surface area contributed by atoms with Gasteiger partial charge in [0, 0.05) is 115 Å². The number of oxime groups is 2. The van der Waals surface area contributed by atoms with Gasteiger partial charge in [0.2, 0.25) is 0 Å². The number of allylic oxidation sites excluding steroid dienone is 1. The molecule has 0 unspecified atom stereocenters. The second-order valence-electron chi connectivity index (χ2n) is 13.9. The van der Waals surface area contributed by atoms with Gasteiger partial charge in [-0.3, -0.25) is 19.9 Å². The van der Waals surface area contributed by atoms with Gasteiger partial charge in [-0.15, -0.1) is 0 Å². The van der Waals surface area contributed by atoms with Gasteiger partial charge in [-0.1, -0.05) is 35.6 Å². The third-order valence-corrected chi connectivity index (χ3v) is 9.84. The van der Waals surface area contributed by atoms with Crippen LogP contribution in [0.2, 0.25) is 0 Å². The van der Waals surface area contributed by atoms with Crippen LogP contribution in [0.3, 0.4) is 0 Å². The standard InChI is InChI=1S/C12H14N2O.C11H10N2.C9H10N2O.C9H11N.C5H4.C2H6.B5/c1-2-8-15-14-12-5-3-4-10-9-13-7-6-11(10)12;1-2-9-7-12-5-4-10(9)11-8(1)3-6-13-11;12-11-9-3-1-2-7-6-10-5-4-8(7)9;1-2-4-9-7-10-6-5-8(9)3-1;1-3-5-4-2;1-2;1-4-5(2)3/h2,6-9H,3-5H2,1H3;3-7,13H,1-2H2;4-6,12H,1-3H2;5-7H,1-4H2;1-2H2;1-2H3;/b8-2?,14-12+;;11-9+;;;;. The van der Waals surface area contributed by atoms with E-state index in [4.69, 9.17) is 33.3 Å². The number of aromatic nitrogens is 5. The number of nitrogens with zero attached hydrogens (tertiary/aromatic N) is 6.